The molecule has 0 radical (unpaired) electrons. The normalized spacial score (nSPS) is 18.8. The van der Waals surface area contributed by atoms with E-state index in [9.17, 15) is 0 Å². The van der Waals surface area contributed by atoms with Crippen LogP contribution in [0, 0.1) is 0 Å². The fourth-order valence-electron chi connectivity index (χ4n) is 3.37. The average molecular weight is 325 g/mol. The molecule has 2 saturated heterocycles. The van der Waals surface area contributed by atoms with Gasteiger partial charge in [-0.3, -0.25) is 0 Å². The Morgan fingerprint density at radius 1 is 0.750 bits per heavy atom. The molecule has 0 unspecified atom stereocenters. The van der Waals surface area contributed by atoms with Gasteiger partial charge in [-0.2, -0.15) is 10.1 Å². The second kappa shape index (κ2) is 6.98. The molecule has 2 fully saturated rings. The highest BCUT2D eigenvalue weighted by Crippen LogP contribution is 2.20. The lowest BCUT2D eigenvalue weighted by Crippen LogP contribution is -2.47. The summed E-state index contributed by atoms with van der Waals surface area (Å²) < 4.78 is 0. The van der Waals surface area contributed by atoms with E-state index in [4.69, 9.17) is 4.98 Å². The van der Waals surface area contributed by atoms with Crippen LogP contribution in [0.5, 0.6) is 0 Å². The summed E-state index contributed by atoms with van der Waals surface area (Å²) in [7, 11) is 0. The van der Waals surface area contributed by atoms with Crippen LogP contribution in [0.3, 0.4) is 0 Å². The van der Waals surface area contributed by atoms with Gasteiger partial charge in [0.05, 0.1) is 6.20 Å². The summed E-state index contributed by atoms with van der Waals surface area (Å²) in [4.78, 5) is 16.0. The average Bonchev–Trinajstić information content (AvgIpc) is 2.70. The molecule has 2 aromatic rings. The Morgan fingerprint density at radius 2 is 1.50 bits per heavy atom. The molecule has 0 bridgehead atoms. The lowest BCUT2D eigenvalue weighted by atomic mass is 10.1. The lowest BCUT2D eigenvalue weighted by molar-refractivity contribution is 0.569. The first-order chi connectivity index (χ1) is 11.9. The lowest BCUT2D eigenvalue weighted by Gasteiger charge is -2.35. The molecule has 0 atom stereocenters. The smallest absolute Gasteiger partial charge is 0.247 e. The first-order valence-corrected chi connectivity index (χ1v) is 8.76. The van der Waals surface area contributed by atoms with Crippen molar-refractivity contribution in [3.05, 3.63) is 30.6 Å². The van der Waals surface area contributed by atoms with E-state index in [2.05, 4.69) is 35.9 Å². The number of hydrogen-bond acceptors (Lipinski definition) is 7. The number of piperidine rings is 1. The minimum atomic E-state index is 0.749. The van der Waals surface area contributed by atoms with Crippen LogP contribution in [0.4, 0.5) is 17.6 Å². The molecule has 0 spiro atoms. The molecule has 7 heteroatoms. The topological polar surface area (TPSA) is 61.3 Å². The van der Waals surface area contributed by atoms with Gasteiger partial charge in [0.15, 0.2) is 5.82 Å². The van der Waals surface area contributed by atoms with Crippen LogP contribution in [0.2, 0.25) is 0 Å². The monoisotopic (exact) mass is 325 g/mol. The van der Waals surface area contributed by atoms with Gasteiger partial charge in [-0.05, 0) is 31.4 Å². The standard InChI is InChI=1S/C17H23N7/c1-4-8-22(9-5-1)16-14-19-21-17(20-16)24-12-10-23(11-13-24)15-6-2-3-7-18-15/h2-3,6-7,14H,1,4-5,8-13H2. The van der Waals surface area contributed by atoms with Crippen molar-refractivity contribution in [2.45, 2.75) is 19.3 Å². The van der Waals surface area contributed by atoms with Crippen molar-refractivity contribution in [2.75, 3.05) is 54.0 Å². The predicted octanol–water partition coefficient (Wildman–Crippen LogP) is 1.58. The maximum absolute atomic E-state index is 4.76. The summed E-state index contributed by atoms with van der Waals surface area (Å²) in [5.41, 5.74) is 0. The van der Waals surface area contributed by atoms with E-state index in [-0.39, 0.29) is 0 Å². The number of anilines is 3. The van der Waals surface area contributed by atoms with Gasteiger partial charge in [0, 0.05) is 45.5 Å². The Labute approximate surface area is 142 Å². The Morgan fingerprint density at radius 3 is 2.25 bits per heavy atom. The molecule has 2 aliphatic heterocycles. The van der Waals surface area contributed by atoms with Gasteiger partial charge in [0.1, 0.15) is 5.82 Å². The molecule has 4 heterocycles. The first-order valence-electron chi connectivity index (χ1n) is 8.76. The van der Waals surface area contributed by atoms with Crippen LogP contribution < -0.4 is 14.7 Å². The quantitative estimate of drug-likeness (QED) is 0.849. The zero-order valence-electron chi connectivity index (χ0n) is 13.9. The highest BCUT2D eigenvalue weighted by molar-refractivity contribution is 5.45. The zero-order valence-corrected chi connectivity index (χ0v) is 13.9. The molecule has 2 aromatic heterocycles. The SMILES string of the molecule is c1ccc(N2CCN(c3nncc(N4CCCCC4)n3)CC2)nc1. The number of piperazine rings is 1. The third kappa shape index (κ3) is 3.25. The van der Waals surface area contributed by atoms with Crippen molar-refractivity contribution in [3.8, 4) is 0 Å². The van der Waals surface area contributed by atoms with Gasteiger partial charge in [-0.25, -0.2) is 4.98 Å². The van der Waals surface area contributed by atoms with Gasteiger partial charge in [-0.1, -0.05) is 6.07 Å². The van der Waals surface area contributed by atoms with E-state index >= 15 is 0 Å². The highest BCUT2D eigenvalue weighted by atomic mass is 15.4. The fourth-order valence-corrected chi connectivity index (χ4v) is 3.37. The van der Waals surface area contributed by atoms with Crippen LogP contribution in [0.1, 0.15) is 19.3 Å². The molecular weight excluding hydrogens is 302 g/mol. The van der Waals surface area contributed by atoms with Gasteiger partial charge in [0.25, 0.3) is 0 Å². The molecule has 126 valence electrons. The van der Waals surface area contributed by atoms with Crippen LogP contribution in [0.15, 0.2) is 30.6 Å². The van der Waals surface area contributed by atoms with Crippen molar-refractivity contribution < 1.29 is 0 Å². The van der Waals surface area contributed by atoms with Crippen LogP contribution in [0.25, 0.3) is 0 Å². The van der Waals surface area contributed by atoms with E-state index in [1.807, 2.05) is 18.3 Å². The van der Waals surface area contributed by atoms with Gasteiger partial charge in [0.2, 0.25) is 5.95 Å². The predicted molar refractivity (Wildman–Crippen MR) is 94.6 cm³/mol. The third-order valence-corrected chi connectivity index (χ3v) is 4.75. The van der Waals surface area contributed by atoms with Gasteiger partial charge >= 0.3 is 0 Å². The van der Waals surface area contributed by atoms with Crippen molar-refractivity contribution in [1.29, 1.82) is 0 Å². The van der Waals surface area contributed by atoms with Gasteiger partial charge in [-0.15, -0.1) is 5.10 Å². The maximum Gasteiger partial charge on any atom is 0.247 e. The summed E-state index contributed by atoms with van der Waals surface area (Å²) in [6, 6.07) is 6.04. The number of aromatic nitrogens is 4. The summed E-state index contributed by atoms with van der Waals surface area (Å²) in [5.74, 6) is 2.75. The molecule has 0 aliphatic carbocycles. The van der Waals surface area contributed by atoms with E-state index in [0.717, 1.165) is 56.9 Å². The molecule has 7 nitrogen and oxygen atoms in total. The summed E-state index contributed by atoms with van der Waals surface area (Å²) >= 11 is 0. The maximum atomic E-state index is 4.76. The van der Waals surface area contributed by atoms with E-state index in [1.165, 1.54) is 19.3 Å². The minimum Gasteiger partial charge on any atom is -0.355 e. The molecule has 0 amide bonds. The number of pyridine rings is 1. The fraction of sp³-hybridized carbons (Fsp3) is 0.529. The van der Waals surface area contributed by atoms with Crippen LogP contribution in [-0.4, -0.2) is 59.4 Å². The van der Waals surface area contributed by atoms with Crippen molar-refractivity contribution in [1.82, 2.24) is 20.2 Å². The molecule has 0 aromatic carbocycles. The van der Waals surface area contributed by atoms with Crippen LogP contribution in [-0.2, 0) is 0 Å². The minimum absolute atomic E-state index is 0.749. The molecule has 0 saturated carbocycles. The van der Waals surface area contributed by atoms with Crippen molar-refractivity contribution in [3.63, 3.8) is 0 Å². The van der Waals surface area contributed by atoms with E-state index < -0.39 is 0 Å². The van der Waals surface area contributed by atoms with Crippen molar-refractivity contribution >= 4 is 17.6 Å². The molecule has 0 N–H and O–H groups in total. The Kier molecular flexibility index (Phi) is 4.40. The van der Waals surface area contributed by atoms with Crippen LogP contribution >= 0.6 is 0 Å². The Hall–Kier alpha value is -2.44. The second-order valence-electron chi connectivity index (χ2n) is 6.32. The van der Waals surface area contributed by atoms with E-state index in [0.29, 0.717) is 0 Å². The molecule has 2 aliphatic rings. The zero-order chi connectivity index (χ0) is 16.2. The van der Waals surface area contributed by atoms with Crippen molar-refractivity contribution in [2.24, 2.45) is 0 Å². The summed E-state index contributed by atoms with van der Waals surface area (Å²) in [5, 5.41) is 8.45. The number of nitrogens with zero attached hydrogens (tertiary/aromatic N) is 7. The third-order valence-electron chi connectivity index (χ3n) is 4.75. The first kappa shape index (κ1) is 15.1. The summed E-state index contributed by atoms with van der Waals surface area (Å²) in [6.07, 6.45) is 7.43. The largest absolute Gasteiger partial charge is 0.355 e. The molecule has 24 heavy (non-hydrogen) atoms. The molecular formula is C17H23N7. The Balaban J connectivity index is 1.42. The summed E-state index contributed by atoms with van der Waals surface area (Å²) in [6.45, 7) is 5.78. The Bertz CT molecular complexity index is 649. The number of rotatable bonds is 3. The number of hydrogen-bond donors (Lipinski definition) is 0. The van der Waals surface area contributed by atoms with E-state index in [1.54, 1.807) is 6.20 Å². The van der Waals surface area contributed by atoms with Gasteiger partial charge < -0.3 is 14.7 Å². The second-order valence-corrected chi connectivity index (χ2v) is 6.32. The molecule has 4 rings (SSSR count). The highest BCUT2D eigenvalue weighted by Gasteiger charge is 2.21.